The van der Waals surface area contributed by atoms with E-state index in [1.165, 1.54) is 11.3 Å². The van der Waals surface area contributed by atoms with Gasteiger partial charge < -0.3 is 10.4 Å². The number of amides is 1. The van der Waals surface area contributed by atoms with Crippen molar-refractivity contribution in [2.45, 2.75) is 32.2 Å². The Morgan fingerprint density at radius 2 is 2.27 bits per heavy atom. The van der Waals surface area contributed by atoms with Crippen LogP contribution in [0.1, 0.15) is 36.5 Å². The molecular weight excluding hydrogens is 302 g/mol. The maximum Gasteiger partial charge on any atom is 0.326 e. The molecule has 0 aliphatic carbocycles. The van der Waals surface area contributed by atoms with Crippen LogP contribution in [-0.4, -0.2) is 32.8 Å². The summed E-state index contributed by atoms with van der Waals surface area (Å²) < 4.78 is 1.56. The van der Waals surface area contributed by atoms with E-state index in [1.807, 2.05) is 24.4 Å². The molecule has 1 atom stereocenters. The molecule has 2 rings (SSSR count). The molecule has 6 nitrogen and oxygen atoms in total. The van der Waals surface area contributed by atoms with Crippen molar-refractivity contribution < 1.29 is 14.7 Å². The predicted molar refractivity (Wildman–Crippen MR) is 84.9 cm³/mol. The second-order valence-corrected chi connectivity index (χ2v) is 6.00. The summed E-state index contributed by atoms with van der Waals surface area (Å²) in [5.74, 6) is -1.41. The van der Waals surface area contributed by atoms with Gasteiger partial charge in [0.2, 0.25) is 0 Å². The van der Waals surface area contributed by atoms with E-state index in [0.29, 0.717) is 17.7 Å². The van der Waals surface area contributed by atoms with Crippen molar-refractivity contribution in [3.05, 3.63) is 29.3 Å². The summed E-state index contributed by atoms with van der Waals surface area (Å²) in [5.41, 5.74) is 0.974. The van der Waals surface area contributed by atoms with Gasteiger partial charge in [-0.3, -0.25) is 9.48 Å². The molecule has 0 aliphatic heterocycles. The van der Waals surface area contributed by atoms with E-state index in [0.717, 1.165) is 17.7 Å². The highest BCUT2D eigenvalue weighted by Gasteiger charge is 2.23. The van der Waals surface area contributed by atoms with Gasteiger partial charge >= 0.3 is 5.97 Å². The highest BCUT2D eigenvalue weighted by molar-refractivity contribution is 7.13. The Labute approximate surface area is 132 Å². The lowest BCUT2D eigenvalue weighted by Crippen LogP contribution is -2.40. The van der Waals surface area contributed by atoms with Crippen LogP contribution in [0.3, 0.4) is 0 Å². The summed E-state index contributed by atoms with van der Waals surface area (Å²) in [5, 5.41) is 18.0. The van der Waals surface area contributed by atoms with E-state index in [-0.39, 0.29) is 0 Å². The van der Waals surface area contributed by atoms with Crippen LogP contribution in [0.15, 0.2) is 23.7 Å². The van der Waals surface area contributed by atoms with E-state index in [9.17, 15) is 14.7 Å². The summed E-state index contributed by atoms with van der Waals surface area (Å²) in [7, 11) is 1.74. The number of carboxylic acid groups (broad SMARTS) is 1. The van der Waals surface area contributed by atoms with Crippen LogP contribution < -0.4 is 5.32 Å². The number of aliphatic carboxylic acids is 1. The smallest absolute Gasteiger partial charge is 0.326 e. The molecule has 1 unspecified atom stereocenters. The minimum atomic E-state index is -1.01. The fraction of sp³-hybridized carbons (Fsp3) is 0.400. The van der Waals surface area contributed by atoms with Crippen molar-refractivity contribution in [2.75, 3.05) is 0 Å². The van der Waals surface area contributed by atoms with E-state index in [2.05, 4.69) is 10.4 Å². The number of hydrogen-bond acceptors (Lipinski definition) is 4. The molecule has 0 saturated heterocycles. The van der Waals surface area contributed by atoms with Crippen molar-refractivity contribution in [1.82, 2.24) is 15.1 Å². The van der Waals surface area contributed by atoms with E-state index < -0.39 is 17.9 Å². The van der Waals surface area contributed by atoms with Crippen LogP contribution in [0.4, 0.5) is 0 Å². The van der Waals surface area contributed by atoms with Gasteiger partial charge in [-0.2, -0.15) is 5.10 Å². The molecule has 0 bridgehead atoms. The summed E-state index contributed by atoms with van der Waals surface area (Å²) >= 11 is 1.49. The molecule has 0 aromatic carbocycles. The van der Waals surface area contributed by atoms with Gasteiger partial charge in [0, 0.05) is 13.2 Å². The van der Waals surface area contributed by atoms with Crippen molar-refractivity contribution >= 4 is 23.2 Å². The Morgan fingerprint density at radius 3 is 2.86 bits per heavy atom. The van der Waals surface area contributed by atoms with Crippen molar-refractivity contribution in [2.24, 2.45) is 7.05 Å². The molecular formula is C15H19N3O3S. The molecule has 0 spiro atoms. The first kappa shape index (κ1) is 16.2. The number of rotatable bonds is 7. The van der Waals surface area contributed by atoms with E-state index in [1.54, 1.807) is 17.9 Å². The zero-order valence-corrected chi connectivity index (χ0v) is 13.4. The van der Waals surface area contributed by atoms with Gasteiger partial charge in [-0.25, -0.2) is 4.79 Å². The average molecular weight is 321 g/mol. The minimum Gasteiger partial charge on any atom is -0.480 e. The van der Waals surface area contributed by atoms with Crippen molar-refractivity contribution in [1.29, 1.82) is 0 Å². The summed E-state index contributed by atoms with van der Waals surface area (Å²) in [6.07, 6.45) is 3.67. The lowest BCUT2D eigenvalue weighted by molar-refractivity contribution is -0.139. The van der Waals surface area contributed by atoms with Crippen LogP contribution in [-0.2, 0) is 11.8 Å². The Morgan fingerprint density at radius 1 is 1.50 bits per heavy atom. The summed E-state index contributed by atoms with van der Waals surface area (Å²) in [4.78, 5) is 24.6. The van der Waals surface area contributed by atoms with Crippen molar-refractivity contribution in [3.63, 3.8) is 0 Å². The lowest BCUT2D eigenvalue weighted by atomic mass is 10.1. The third-order valence-electron chi connectivity index (χ3n) is 3.28. The van der Waals surface area contributed by atoms with Crippen LogP contribution in [0.5, 0.6) is 0 Å². The number of carbonyl (C=O) groups excluding carboxylic acids is 1. The molecule has 2 aromatic rings. The molecule has 2 N–H and O–H groups in total. The zero-order valence-electron chi connectivity index (χ0n) is 12.6. The summed E-state index contributed by atoms with van der Waals surface area (Å²) in [6.45, 7) is 1.98. The molecule has 0 saturated carbocycles. The van der Waals surface area contributed by atoms with E-state index >= 15 is 0 Å². The van der Waals surface area contributed by atoms with E-state index in [4.69, 9.17) is 0 Å². The largest absolute Gasteiger partial charge is 0.480 e. The van der Waals surface area contributed by atoms with Gasteiger partial charge in [-0.05, 0) is 17.9 Å². The van der Waals surface area contributed by atoms with Crippen LogP contribution >= 0.6 is 11.3 Å². The monoisotopic (exact) mass is 321 g/mol. The topological polar surface area (TPSA) is 84.2 Å². The molecule has 2 heterocycles. The second-order valence-electron chi connectivity index (χ2n) is 5.05. The van der Waals surface area contributed by atoms with Crippen LogP contribution in [0.2, 0.25) is 0 Å². The predicted octanol–water partition coefficient (Wildman–Crippen LogP) is 2.52. The maximum absolute atomic E-state index is 12.4. The average Bonchev–Trinajstić information content (AvgIpc) is 3.11. The quantitative estimate of drug-likeness (QED) is 0.820. The molecule has 0 radical (unpaired) electrons. The lowest BCUT2D eigenvalue weighted by Gasteiger charge is -2.13. The fourth-order valence-electron chi connectivity index (χ4n) is 2.15. The van der Waals surface area contributed by atoms with Crippen LogP contribution in [0, 0.1) is 0 Å². The maximum atomic E-state index is 12.4. The van der Waals surface area contributed by atoms with Crippen molar-refractivity contribution in [3.8, 4) is 10.6 Å². The fourth-order valence-corrected chi connectivity index (χ4v) is 2.87. The van der Waals surface area contributed by atoms with Gasteiger partial charge in [0.25, 0.3) is 5.91 Å². The second kappa shape index (κ2) is 7.22. The molecule has 22 heavy (non-hydrogen) atoms. The molecule has 0 fully saturated rings. The van der Waals surface area contributed by atoms with Gasteiger partial charge in [0.1, 0.15) is 11.7 Å². The molecule has 1 amide bonds. The zero-order chi connectivity index (χ0) is 16.1. The molecule has 0 aliphatic rings. The first-order valence-electron chi connectivity index (χ1n) is 7.14. The molecule has 118 valence electrons. The Hall–Kier alpha value is -2.15. The SMILES string of the molecule is CCCCC(NC(=O)c1cn(C)nc1-c1cccs1)C(=O)O. The number of unbranched alkanes of at least 4 members (excludes halogenated alkanes) is 1. The number of hydrogen-bond donors (Lipinski definition) is 2. The van der Waals surface area contributed by atoms with Gasteiger partial charge in [-0.1, -0.05) is 25.8 Å². The Balaban J connectivity index is 2.20. The summed E-state index contributed by atoms with van der Waals surface area (Å²) in [6, 6.07) is 2.90. The van der Waals surface area contributed by atoms with Gasteiger partial charge in [0.05, 0.1) is 10.4 Å². The number of aromatic nitrogens is 2. The third-order valence-corrected chi connectivity index (χ3v) is 4.15. The Bertz CT molecular complexity index is 649. The molecule has 2 aromatic heterocycles. The highest BCUT2D eigenvalue weighted by atomic mass is 32.1. The van der Waals surface area contributed by atoms with Gasteiger partial charge in [-0.15, -0.1) is 11.3 Å². The number of nitrogens with zero attached hydrogens (tertiary/aromatic N) is 2. The number of aryl methyl sites for hydroxylation is 1. The number of carboxylic acids is 1. The highest BCUT2D eigenvalue weighted by Crippen LogP contribution is 2.26. The standard InChI is InChI=1S/C15H19N3O3S/c1-3-4-6-11(15(20)21)16-14(19)10-9-18(2)17-13(10)12-7-5-8-22-12/h5,7-9,11H,3-4,6H2,1-2H3,(H,16,19)(H,20,21). The molecule has 7 heteroatoms. The first-order valence-corrected chi connectivity index (χ1v) is 8.02. The number of thiophene rings is 1. The van der Waals surface area contributed by atoms with Crippen LogP contribution in [0.25, 0.3) is 10.6 Å². The normalized spacial score (nSPS) is 12.1. The van der Waals surface area contributed by atoms with Gasteiger partial charge in [0.15, 0.2) is 0 Å². The first-order chi connectivity index (χ1) is 10.5. The number of nitrogens with one attached hydrogen (secondary N) is 1. The Kier molecular flexibility index (Phi) is 5.32. The minimum absolute atomic E-state index is 0.396. The number of carbonyl (C=O) groups is 2. The third kappa shape index (κ3) is 3.73.